The van der Waals surface area contributed by atoms with Crippen molar-refractivity contribution in [1.29, 1.82) is 0 Å². The highest BCUT2D eigenvalue weighted by molar-refractivity contribution is 6.07. The average molecular weight is 330 g/mol. The molecule has 0 radical (unpaired) electrons. The molecule has 0 saturated carbocycles. The van der Waals surface area contributed by atoms with Crippen molar-refractivity contribution in [2.75, 3.05) is 19.6 Å². The summed E-state index contributed by atoms with van der Waals surface area (Å²) < 4.78 is 0. The Morgan fingerprint density at radius 3 is 2.67 bits per heavy atom. The summed E-state index contributed by atoms with van der Waals surface area (Å²) in [5, 5.41) is 3.30. The first-order valence-electron chi connectivity index (χ1n) is 8.78. The molecule has 2 aliphatic heterocycles. The van der Waals surface area contributed by atoms with Gasteiger partial charge in [-0.05, 0) is 49.9 Å². The lowest BCUT2D eigenvalue weighted by Crippen LogP contribution is -2.56. The van der Waals surface area contributed by atoms with Crippen LogP contribution in [0.1, 0.15) is 38.7 Å². The molecule has 24 heavy (non-hydrogen) atoms. The normalized spacial score (nSPS) is 20.5. The number of hydrogen-bond donors (Lipinski definition) is 1. The second-order valence-corrected chi connectivity index (χ2v) is 7.15. The van der Waals surface area contributed by atoms with Crippen molar-refractivity contribution in [3.8, 4) is 0 Å². The van der Waals surface area contributed by atoms with Gasteiger partial charge in [-0.1, -0.05) is 19.9 Å². The predicted molar refractivity (Wildman–Crippen MR) is 91.2 cm³/mol. The summed E-state index contributed by atoms with van der Waals surface area (Å²) in [7, 11) is 0. The van der Waals surface area contributed by atoms with E-state index in [-0.39, 0.29) is 11.9 Å². The van der Waals surface area contributed by atoms with Gasteiger partial charge in [0.25, 0.3) is 5.91 Å². The molecule has 130 valence electrons. The van der Waals surface area contributed by atoms with Crippen molar-refractivity contribution in [2.45, 2.75) is 45.2 Å². The molecule has 6 nitrogen and oxygen atoms in total. The van der Waals surface area contributed by atoms with Crippen LogP contribution in [-0.2, 0) is 11.3 Å². The van der Waals surface area contributed by atoms with Gasteiger partial charge in [0, 0.05) is 18.9 Å². The van der Waals surface area contributed by atoms with Crippen LogP contribution in [0.4, 0.5) is 4.79 Å². The largest absolute Gasteiger partial charge is 0.327 e. The van der Waals surface area contributed by atoms with E-state index in [0.29, 0.717) is 31.8 Å². The summed E-state index contributed by atoms with van der Waals surface area (Å²) in [5.74, 6) is 0.459. The van der Waals surface area contributed by atoms with Crippen LogP contribution in [0, 0.1) is 5.92 Å². The molecule has 0 bridgehead atoms. The molecule has 1 spiro atoms. The van der Waals surface area contributed by atoms with Crippen LogP contribution in [0.25, 0.3) is 0 Å². The molecule has 6 heteroatoms. The number of carbonyl (C=O) groups is 2. The molecule has 0 unspecified atom stereocenters. The number of rotatable bonds is 5. The fraction of sp³-hybridized carbons (Fsp3) is 0.611. The van der Waals surface area contributed by atoms with E-state index < -0.39 is 5.54 Å². The van der Waals surface area contributed by atoms with Crippen molar-refractivity contribution in [2.24, 2.45) is 5.92 Å². The summed E-state index contributed by atoms with van der Waals surface area (Å²) in [6, 6.07) is 3.59. The minimum Gasteiger partial charge on any atom is -0.317 e. The highest BCUT2D eigenvalue weighted by Crippen LogP contribution is 2.36. The zero-order valence-electron chi connectivity index (χ0n) is 14.5. The standard InChI is InChI=1S/C18H26N4O2/c1-14(2)5-11-22-17(24)21(13-15-4-3-8-20-12-15)16(23)18(22)6-9-19-10-7-18/h3-4,8,12,14,19H,5-7,9-11,13H2,1-2H3. The molecule has 2 aliphatic rings. The molecule has 0 atom stereocenters. The van der Waals surface area contributed by atoms with Gasteiger partial charge in [0.2, 0.25) is 0 Å². The van der Waals surface area contributed by atoms with Gasteiger partial charge < -0.3 is 10.2 Å². The second-order valence-electron chi connectivity index (χ2n) is 7.15. The van der Waals surface area contributed by atoms with Gasteiger partial charge in [-0.3, -0.25) is 14.7 Å². The van der Waals surface area contributed by atoms with E-state index in [2.05, 4.69) is 24.1 Å². The van der Waals surface area contributed by atoms with Gasteiger partial charge in [-0.25, -0.2) is 4.79 Å². The van der Waals surface area contributed by atoms with Gasteiger partial charge in [0.05, 0.1) is 6.54 Å². The third kappa shape index (κ3) is 3.02. The van der Waals surface area contributed by atoms with Gasteiger partial charge in [-0.15, -0.1) is 0 Å². The monoisotopic (exact) mass is 330 g/mol. The topological polar surface area (TPSA) is 65.5 Å². The van der Waals surface area contributed by atoms with Crippen LogP contribution in [0.2, 0.25) is 0 Å². The quantitative estimate of drug-likeness (QED) is 0.839. The number of pyridine rings is 1. The van der Waals surface area contributed by atoms with Crippen LogP contribution in [0.15, 0.2) is 24.5 Å². The van der Waals surface area contributed by atoms with E-state index in [1.807, 2.05) is 17.0 Å². The zero-order valence-corrected chi connectivity index (χ0v) is 14.5. The fourth-order valence-corrected chi connectivity index (χ4v) is 3.62. The maximum Gasteiger partial charge on any atom is 0.327 e. The van der Waals surface area contributed by atoms with Gasteiger partial charge in [0.1, 0.15) is 5.54 Å². The van der Waals surface area contributed by atoms with Crippen LogP contribution in [-0.4, -0.2) is 51.9 Å². The van der Waals surface area contributed by atoms with Crippen molar-refractivity contribution >= 4 is 11.9 Å². The molecule has 0 aromatic carbocycles. The van der Waals surface area contributed by atoms with Crippen LogP contribution in [0.5, 0.6) is 0 Å². The highest BCUT2D eigenvalue weighted by Gasteiger charge is 2.56. The lowest BCUT2D eigenvalue weighted by Gasteiger charge is -2.38. The number of piperidine rings is 1. The van der Waals surface area contributed by atoms with E-state index in [1.54, 1.807) is 12.4 Å². The minimum absolute atomic E-state index is 0.0402. The summed E-state index contributed by atoms with van der Waals surface area (Å²) in [6.45, 7) is 6.79. The van der Waals surface area contributed by atoms with E-state index in [1.165, 1.54) is 4.90 Å². The third-order valence-electron chi connectivity index (χ3n) is 5.05. The van der Waals surface area contributed by atoms with Gasteiger partial charge >= 0.3 is 6.03 Å². The molecule has 2 saturated heterocycles. The molecular formula is C18H26N4O2. The molecular weight excluding hydrogens is 304 g/mol. The zero-order chi connectivity index (χ0) is 17.2. The number of nitrogens with zero attached hydrogens (tertiary/aromatic N) is 3. The SMILES string of the molecule is CC(C)CCN1C(=O)N(Cc2cccnc2)C(=O)C12CCNCC2. The summed E-state index contributed by atoms with van der Waals surface area (Å²) >= 11 is 0. The number of amides is 3. The van der Waals surface area contributed by atoms with Crippen molar-refractivity contribution < 1.29 is 9.59 Å². The fourth-order valence-electron chi connectivity index (χ4n) is 3.62. The Kier molecular flexibility index (Phi) is 4.85. The summed E-state index contributed by atoms with van der Waals surface area (Å²) in [4.78, 5) is 33.5. The Morgan fingerprint density at radius 2 is 2.04 bits per heavy atom. The first-order chi connectivity index (χ1) is 11.5. The number of urea groups is 1. The van der Waals surface area contributed by atoms with E-state index in [0.717, 1.165) is 25.1 Å². The van der Waals surface area contributed by atoms with Gasteiger partial charge in [0.15, 0.2) is 0 Å². The van der Waals surface area contributed by atoms with Crippen molar-refractivity contribution in [3.05, 3.63) is 30.1 Å². The summed E-state index contributed by atoms with van der Waals surface area (Å²) in [6.07, 6.45) is 5.71. The Balaban J connectivity index is 1.86. The lowest BCUT2D eigenvalue weighted by atomic mass is 9.86. The molecule has 0 aliphatic carbocycles. The average Bonchev–Trinajstić information content (AvgIpc) is 2.76. The molecule has 3 amide bonds. The van der Waals surface area contributed by atoms with Crippen molar-refractivity contribution in [1.82, 2.24) is 20.1 Å². The molecule has 3 rings (SSSR count). The summed E-state index contributed by atoms with van der Waals surface area (Å²) in [5.41, 5.74) is 0.230. The molecule has 1 aromatic rings. The number of imide groups is 1. The van der Waals surface area contributed by atoms with E-state index >= 15 is 0 Å². The maximum absolute atomic E-state index is 13.2. The number of carbonyl (C=O) groups excluding carboxylic acids is 2. The number of aromatic nitrogens is 1. The number of nitrogens with one attached hydrogen (secondary N) is 1. The Labute approximate surface area is 143 Å². The van der Waals surface area contributed by atoms with E-state index in [9.17, 15) is 9.59 Å². The van der Waals surface area contributed by atoms with Crippen molar-refractivity contribution in [3.63, 3.8) is 0 Å². The van der Waals surface area contributed by atoms with Crippen LogP contribution in [0.3, 0.4) is 0 Å². The van der Waals surface area contributed by atoms with Crippen LogP contribution >= 0.6 is 0 Å². The Hall–Kier alpha value is -1.95. The molecule has 1 aromatic heterocycles. The van der Waals surface area contributed by atoms with E-state index in [4.69, 9.17) is 0 Å². The Bertz CT molecular complexity index is 596. The molecule has 2 fully saturated rings. The number of hydrogen-bond acceptors (Lipinski definition) is 4. The molecule has 1 N–H and O–H groups in total. The first kappa shape index (κ1) is 16.9. The smallest absolute Gasteiger partial charge is 0.317 e. The molecule has 3 heterocycles. The lowest BCUT2D eigenvalue weighted by molar-refractivity contribution is -0.135. The predicted octanol–water partition coefficient (Wildman–Crippen LogP) is 2.01. The van der Waals surface area contributed by atoms with Gasteiger partial charge in [-0.2, -0.15) is 0 Å². The minimum atomic E-state index is -0.653. The first-order valence-corrected chi connectivity index (χ1v) is 8.78. The maximum atomic E-state index is 13.2. The third-order valence-corrected chi connectivity index (χ3v) is 5.05. The highest BCUT2D eigenvalue weighted by atomic mass is 16.2. The Morgan fingerprint density at radius 1 is 1.29 bits per heavy atom. The van der Waals surface area contributed by atoms with Crippen LogP contribution < -0.4 is 5.32 Å². The second kappa shape index (κ2) is 6.89.